The average Bonchev–Trinajstić information content (AvgIpc) is 3.54. The molecular formula is C27H34F4N5O2Os. The summed E-state index contributed by atoms with van der Waals surface area (Å²) in [7, 11) is 0. The number of halogens is 4. The summed E-state index contributed by atoms with van der Waals surface area (Å²) in [6.45, 7) is 8.27. The minimum absolute atomic E-state index is 0. The predicted molar refractivity (Wildman–Crippen MR) is 131 cm³/mol. The van der Waals surface area contributed by atoms with Gasteiger partial charge < -0.3 is 14.5 Å². The topological polar surface area (TPSA) is 63.5 Å². The zero-order valence-electron chi connectivity index (χ0n) is 22.1. The van der Waals surface area contributed by atoms with E-state index in [-0.39, 0.29) is 19.8 Å². The molecule has 3 atom stereocenters. The molecule has 1 spiro atoms. The van der Waals surface area contributed by atoms with E-state index in [9.17, 15) is 22.4 Å². The fourth-order valence-electron chi connectivity index (χ4n) is 6.35. The second-order valence-electron chi connectivity index (χ2n) is 11.4. The third kappa shape index (κ3) is 6.58. The minimum atomic E-state index is -4.86. The summed E-state index contributed by atoms with van der Waals surface area (Å²) in [4.78, 5) is 21.5. The molecule has 2 saturated heterocycles. The Bertz CT molecular complexity index is 1120. The molecule has 2 aliphatic carbocycles. The number of hydrogen-bond acceptors (Lipinski definition) is 4. The molecule has 2 aromatic rings. The number of benzene rings is 1. The Morgan fingerprint density at radius 2 is 1.87 bits per heavy atom. The van der Waals surface area contributed by atoms with E-state index in [1.807, 2.05) is 6.33 Å². The number of carbonyl (C=O) groups excluding carboxylic acids is 1. The second kappa shape index (κ2) is 11.7. The van der Waals surface area contributed by atoms with Crippen LogP contribution in [0.1, 0.15) is 70.2 Å². The fraction of sp³-hybridized carbons (Fsp3) is 0.667. The summed E-state index contributed by atoms with van der Waals surface area (Å²) >= 11 is 0. The molecular weight excluding hydrogens is 693 g/mol. The van der Waals surface area contributed by atoms with Gasteiger partial charge in [-0.1, -0.05) is 20.3 Å². The van der Waals surface area contributed by atoms with Crippen molar-refractivity contribution in [3.63, 3.8) is 0 Å². The van der Waals surface area contributed by atoms with Gasteiger partial charge in [-0.05, 0) is 43.9 Å². The Labute approximate surface area is 239 Å². The smallest absolute Gasteiger partial charge is 0.430 e. The Hall–Kier alpha value is -2.21. The zero-order chi connectivity index (χ0) is 27.1. The van der Waals surface area contributed by atoms with Crippen LogP contribution in [-0.2, 0) is 19.8 Å². The number of ether oxygens (including phenoxy) is 1. The first-order valence-electron chi connectivity index (χ1n) is 13.4. The van der Waals surface area contributed by atoms with Crippen molar-refractivity contribution in [1.29, 1.82) is 0 Å². The second-order valence-corrected chi connectivity index (χ2v) is 11.4. The largest absolute Gasteiger partial charge is 1.00 e. The molecule has 12 heteroatoms. The van der Waals surface area contributed by atoms with Crippen molar-refractivity contribution in [2.75, 3.05) is 26.2 Å². The Morgan fingerprint density at radius 1 is 1.21 bits per heavy atom. The first-order valence-corrected chi connectivity index (χ1v) is 13.4. The van der Waals surface area contributed by atoms with Crippen LogP contribution in [0, 0.1) is 29.1 Å². The summed E-state index contributed by atoms with van der Waals surface area (Å²) in [5, 5.41) is 4.69. The number of fused-ring (bicyclic) bond motifs is 1. The molecule has 2 aliphatic heterocycles. The van der Waals surface area contributed by atoms with Gasteiger partial charge in [-0.3, -0.25) is 4.39 Å². The van der Waals surface area contributed by atoms with Gasteiger partial charge in [0.25, 0.3) is 0 Å². The molecule has 1 radical (unpaired) electrons. The van der Waals surface area contributed by atoms with E-state index >= 15 is 0 Å². The number of hydrogen-bond donors (Lipinski definition) is 0. The van der Waals surface area contributed by atoms with E-state index in [2.05, 4.69) is 44.1 Å². The number of likely N-dealkylation sites (tertiary alicyclic amines) is 2. The monoisotopic (exact) mass is 728 g/mol. The molecule has 4 fully saturated rings. The van der Waals surface area contributed by atoms with Crippen LogP contribution in [0.3, 0.4) is 0 Å². The first-order chi connectivity index (χ1) is 18.1. The normalized spacial score (nSPS) is 24.2. The fourth-order valence-corrected chi connectivity index (χ4v) is 6.35. The van der Waals surface area contributed by atoms with Gasteiger partial charge in [0.2, 0.25) is 0 Å². The zero-order valence-corrected chi connectivity index (χ0v) is 24.6. The van der Waals surface area contributed by atoms with Crippen LogP contribution in [0.25, 0.3) is 0 Å². The number of nitrogens with zero attached hydrogens (tertiary/aromatic N) is 5. The Kier molecular flexibility index (Phi) is 8.94. The standard InChI is InChI=1S/C20H31N5O.C7H3F4O.Os/c1-3-14(2)18-21-13-25(22-18)17-7-20(8-17)11-24(12-20)19(26)23-9-15-5-4-6-16(15)10-23;8-5-3-1-2-4-6(5)12-7(9,10)11;/h13-17H,3-12H2,1-2H3;2-4H;/q;-1;+1/t14?,15-,16?;;/m0../s1. The Balaban J connectivity index is 0.000000231. The summed E-state index contributed by atoms with van der Waals surface area (Å²) in [5.74, 6) is 1.04. The van der Waals surface area contributed by atoms with Crippen molar-refractivity contribution < 1.29 is 46.9 Å². The van der Waals surface area contributed by atoms with Gasteiger partial charge in [0.1, 0.15) is 6.33 Å². The van der Waals surface area contributed by atoms with Crippen LogP contribution in [0.5, 0.6) is 5.75 Å². The van der Waals surface area contributed by atoms with Crippen LogP contribution in [-0.4, -0.2) is 63.1 Å². The van der Waals surface area contributed by atoms with E-state index in [0.29, 0.717) is 23.4 Å². The molecule has 39 heavy (non-hydrogen) atoms. The van der Waals surface area contributed by atoms with Gasteiger partial charge in [-0.2, -0.15) is 17.2 Å². The molecule has 2 unspecified atom stereocenters. The van der Waals surface area contributed by atoms with Crippen LogP contribution in [0.15, 0.2) is 24.5 Å². The average molecular weight is 727 g/mol. The summed E-state index contributed by atoms with van der Waals surface area (Å²) < 4.78 is 52.4. The molecule has 2 saturated carbocycles. The van der Waals surface area contributed by atoms with E-state index in [1.165, 1.54) is 19.3 Å². The van der Waals surface area contributed by atoms with Gasteiger partial charge in [0.05, 0.1) is 11.8 Å². The van der Waals surface area contributed by atoms with Crippen molar-refractivity contribution in [3.8, 4) is 5.75 Å². The van der Waals surface area contributed by atoms with E-state index in [4.69, 9.17) is 5.10 Å². The number of amides is 2. The maximum absolute atomic E-state index is 12.8. The molecule has 3 heterocycles. The van der Waals surface area contributed by atoms with Gasteiger partial charge >= 0.3 is 32.2 Å². The van der Waals surface area contributed by atoms with Gasteiger partial charge in [-0.25, -0.2) is 14.5 Å². The molecule has 215 valence electrons. The summed E-state index contributed by atoms with van der Waals surface area (Å²) in [5.41, 5.74) is 0.360. The summed E-state index contributed by atoms with van der Waals surface area (Å²) in [6, 6.07) is 5.78. The number of aromatic nitrogens is 3. The van der Waals surface area contributed by atoms with Crippen LogP contribution in [0.4, 0.5) is 22.4 Å². The van der Waals surface area contributed by atoms with Gasteiger partial charge in [0.15, 0.2) is 5.82 Å². The maximum atomic E-state index is 12.8. The van der Waals surface area contributed by atoms with Crippen LogP contribution >= 0.6 is 0 Å². The van der Waals surface area contributed by atoms with E-state index in [0.717, 1.165) is 81.3 Å². The minimum Gasteiger partial charge on any atom is -0.430 e. The van der Waals surface area contributed by atoms with E-state index in [1.54, 1.807) is 0 Å². The third-order valence-electron chi connectivity index (χ3n) is 8.61. The number of carbonyl (C=O) groups is 1. The number of alkyl halides is 3. The van der Waals surface area contributed by atoms with Crippen molar-refractivity contribution in [1.82, 2.24) is 24.6 Å². The summed E-state index contributed by atoms with van der Waals surface area (Å²) in [6.07, 6.45) is 4.44. The number of urea groups is 1. The van der Waals surface area contributed by atoms with Crippen molar-refractivity contribution in [2.45, 2.75) is 70.7 Å². The first kappa shape index (κ1) is 29.8. The van der Waals surface area contributed by atoms with Gasteiger partial charge in [-0.15, -0.1) is 25.3 Å². The molecule has 4 aliphatic rings. The van der Waals surface area contributed by atoms with Gasteiger partial charge in [0, 0.05) is 43.3 Å². The quantitative estimate of drug-likeness (QED) is 0.295. The third-order valence-corrected chi connectivity index (χ3v) is 8.61. The SMILES string of the molecule is CCC(C)c1ncn(C2CC3(C2)CN(C(=O)N2CC4CCC[C@H]4C2)C3)n1.Fc1c[c-]ccc1OC(F)(F)F.[Os+]. The van der Waals surface area contributed by atoms with Crippen molar-refractivity contribution >= 4 is 6.03 Å². The molecule has 6 rings (SSSR count). The molecule has 1 aromatic heterocycles. The predicted octanol–water partition coefficient (Wildman–Crippen LogP) is 5.80. The van der Waals surface area contributed by atoms with Crippen LogP contribution in [0.2, 0.25) is 0 Å². The molecule has 0 bridgehead atoms. The number of rotatable bonds is 4. The Morgan fingerprint density at radius 3 is 2.46 bits per heavy atom. The molecule has 0 N–H and O–H groups in total. The molecule has 2 amide bonds. The van der Waals surface area contributed by atoms with E-state index < -0.39 is 17.9 Å². The van der Waals surface area contributed by atoms with Crippen molar-refractivity contribution in [3.05, 3.63) is 42.2 Å². The maximum Gasteiger partial charge on any atom is 1.00 e. The van der Waals surface area contributed by atoms with Crippen molar-refractivity contribution in [2.24, 2.45) is 17.3 Å². The molecule has 1 aromatic carbocycles. The molecule has 7 nitrogen and oxygen atoms in total. The van der Waals surface area contributed by atoms with Crippen LogP contribution < -0.4 is 4.74 Å².